The summed E-state index contributed by atoms with van der Waals surface area (Å²) in [4.78, 5) is 15.9. The molecule has 0 saturated carbocycles. The number of carbonyl (C=O) groups is 1. The summed E-state index contributed by atoms with van der Waals surface area (Å²) in [6, 6.07) is 2.90. The minimum absolute atomic E-state index is 0.0910. The molecule has 0 saturated heterocycles. The van der Waals surface area contributed by atoms with E-state index in [1.54, 1.807) is 27.7 Å². The van der Waals surface area contributed by atoms with Crippen LogP contribution in [0.5, 0.6) is 0 Å². The van der Waals surface area contributed by atoms with Gasteiger partial charge in [-0.1, -0.05) is 0 Å². The molecule has 1 rings (SSSR count). The highest BCUT2D eigenvalue weighted by Crippen LogP contribution is 2.19. The molecule has 1 aromatic rings. The monoisotopic (exact) mass is 310 g/mol. The highest BCUT2D eigenvalue weighted by molar-refractivity contribution is 5.90. The predicted octanol–water partition coefficient (Wildman–Crippen LogP) is 3.49. The number of hydrogen-bond acceptors (Lipinski definition) is 4. The lowest BCUT2D eigenvalue weighted by molar-refractivity contribution is -0.157. The predicted molar refractivity (Wildman–Crippen MR) is 81.8 cm³/mol. The van der Waals surface area contributed by atoms with Gasteiger partial charge in [-0.25, -0.2) is 8.78 Å². The van der Waals surface area contributed by atoms with Crippen molar-refractivity contribution in [1.29, 1.82) is 0 Å². The van der Waals surface area contributed by atoms with Crippen LogP contribution in [0.15, 0.2) is 35.0 Å². The third-order valence-corrected chi connectivity index (χ3v) is 2.66. The first kappa shape index (κ1) is 17.8. The largest absolute Gasteiger partial charge is 0.460 e. The highest BCUT2D eigenvalue weighted by Gasteiger charge is 2.23. The Morgan fingerprint density at radius 1 is 1.27 bits per heavy atom. The summed E-state index contributed by atoms with van der Waals surface area (Å²) in [5.74, 6) is -2.57. The second kappa shape index (κ2) is 7.15. The summed E-state index contributed by atoms with van der Waals surface area (Å²) in [5, 5.41) is 0. The van der Waals surface area contributed by atoms with E-state index in [-0.39, 0.29) is 5.69 Å². The zero-order valence-corrected chi connectivity index (χ0v) is 13.1. The van der Waals surface area contributed by atoms with Crippen LogP contribution in [0, 0.1) is 17.6 Å². The van der Waals surface area contributed by atoms with Crippen molar-refractivity contribution in [1.82, 2.24) is 0 Å². The molecule has 120 valence electrons. The maximum atomic E-state index is 13.1. The number of carbonyl (C=O) groups excluding carboxylic acids is 1. The second-order valence-corrected chi connectivity index (χ2v) is 5.81. The van der Waals surface area contributed by atoms with Crippen molar-refractivity contribution in [2.24, 2.45) is 16.6 Å². The molecule has 0 bridgehead atoms. The van der Waals surface area contributed by atoms with Gasteiger partial charge in [0.1, 0.15) is 17.2 Å². The molecular weight excluding hydrogens is 290 g/mol. The zero-order chi connectivity index (χ0) is 16.9. The van der Waals surface area contributed by atoms with E-state index in [2.05, 4.69) is 4.99 Å². The fourth-order valence-electron chi connectivity index (χ4n) is 1.59. The van der Waals surface area contributed by atoms with Crippen LogP contribution >= 0.6 is 0 Å². The molecule has 0 radical (unpaired) electrons. The molecule has 2 N–H and O–H groups in total. The van der Waals surface area contributed by atoms with Crippen molar-refractivity contribution in [3.05, 3.63) is 41.6 Å². The van der Waals surface area contributed by atoms with Crippen molar-refractivity contribution < 1.29 is 18.3 Å². The minimum Gasteiger partial charge on any atom is -0.460 e. The number of rotatable bonds is 4. The summed E-state index contributed by atoms with van der Waals surface area (Å²) in [6.45, 7) is 6.89. The van der Waals surface area contributed by atoms with E-state index >= 15 is 0 Å². The van der Waals surface area contributed by atoms with E-state index in [0.717, 1.165) is 18.2 Å². The third kappa shape index (κ3) is 5.63. The summed E-state index contributed by atoms with van der Waals surface area (Å²) < 4.78 is 31.4. The number of ether oxygens (including phenoxy) is 1. The molecule has 4 nitrogen and oxygen atoms in total. The number of benzene rings is 1. The van der Waals surface area contributed by atoms with Crippen molar-refractivity contribution in [3.63, 3.8) is 0 Å². The number of nitrogens with two attached hydrogens (primary N) is 1. The van der Waals surface area contributed by atoms with Crippen LogP contribution in [0.4, 0.5) is 14.5 Å². The van der Waals surface area contributed by atoms with Crippen molar-refractivity contribution >= 4 is 17.9 Å². The SMILES string of the molecule is CC(C(=O)OC(C)(C)C)/C(C=Nc1cc(F)cc(F)c1)=C/N. The van der Waals surface area contributed by atoms with E-state index in [1.807, 2.05) is 0 Å². The maximum absolute atomic E-state index is 13.1. The molecule has 22 heavy (non-hydrogen) atoms. The Bertz CT molecular complexity index is 584. The van der Waals surface area contributed by atoms with Crippen LogP contribution in [0.3, 0.4) is 0 Å². The molecule has 0 heterocycles. The molecule has 0 spiro atoms. The normalized spacial score (nSPS) is 14.2. The van der Waals surface area contributed by atoms with Gasteiger partial charge in [-0.3, -0.25) is 9.79 Å². The fraction of sp³-hybridized carbons (Fsp3) is 0.375. The van der Waals surface area contributed by atoms with Gasteiger partial charge in [0, 0.05) is 12.3 Å². The van der Waals surface area contributed by atoms with Crippen LogP contribution in [0.1, 0.15) is 27.7 Å². The van der Waals surface area contributed by atoms with Gasteiger partial charge >= 0.3 is 5.97 Å². The first-order valence-electron chi connectivity index (χ1n) is 6.77. The Hall–Kier alpha value is -2.24. The first-order chi connectivity index (χ1) is 10.1. The number of hydrogen-bond donors (Lipinski definition) is 1. The summed E-state index contributed by atoms with van der Waals surface area (Å²) in [6.07, 6.45) is 2.51. The summed E-state index contributed by atoms with van der Waals surface area (Å²) in [7, 11) is 0. The molecule has 0 fully saturated rings. The van der Waals surface area contributed by atoms with Crippen LogP contribution < -0.4 is 5.73 Å². The molecule has 1 aromatic carbocycles. The zero-order valence-electron chi connectivity index (χ0n) is 13.1. The molecule has 0 aliphatic carbocycles. The van der Waals surface area contributed by atoms with Crippen molar-refractivity contribution in [3.8, 4) is 0 Å². The van der Waals surface area contributed by atoms with Crippen LogP contribution in [0.2, 0.25) is 0 Å². The summed E-state index contributed by atoms with van der Waals surface area (Å²) >= 11 is 0. The standard InChI is InChI=1S/C16H20F2N2O2/c1-10(15(21)22-16(2,3)4)11(8-19)9-20-14-6-12(17)5-13(18)7-14/h5-10H,19H2,1-4H3/b11-8+,20-9?. The van der Waals surface area contributed by atoms with Crippen LogP contribution in [-0.4, -0.2) is 17.8 Å². The minimum atomic E-state index is -0.731. The van der Waals surface area contributed by atoms with E-state index in [1.165, 1.54) is 12.4 Å². The van der Waals surface area contributed by atoms with Crippen LogP contribution in [0.25, 0.3) is 0 Å². The van der Waals surface area contributed by atoms with Crippen molar-refractivity contribution in [2.45, 2.75) is 33.3 Å². The Labute approximate surface area is 128 Å². The lowest BCUT2D eigenvalue weighted by Gasteiger charge is -2.22. The molecule has 1 unspecified atom stereocenters. The van der Waals surface area contributed by atoms with E-state index < -0.39 is 29.1 Å². The maximum Gasteiger partial charge on any atom is 0.313 e. The van der Waals surface area contributed by atoms with Gasteiger partial charge < -0.3 is 10.5 Å². The van der Waals surface area contributed by atoms with Gasteiger partial charge in [-0.2, -0.15) is 0 Å². The lowest BCUT2D eigenvalue weighted by Crippen LogP contribution is -2.28. The summed E-state index contributed by atoms with van der Waals surface area (Å²) in [5.41, 5.74) is 5.35. The van der Waals surface area contributed by atoms with Crippen molar-refractivity contribution in [2.75, 3.05) is 0 Å². The number of esters is 1. The molecule has 0 aliphatic rings. The Balaban J connectivity index is 2.88. The van der Waals surface area contributed by atoms with E-state index in [0.29, 0.717) is 5.57 Å². The molecular formula is C16H20F2N2O2. The smallest absolute Gasteiger partial charge is 0.313 e. The lowest BCUT2D eigenvalue weighted by atomic mass is 10.0. The number of aliphatic imine (C=N–C) groups is 1. The van der Waals surface area contributed by atoms with Gasteiger partial charge in [-0.05, 0) is 51.6 Å². The van der Waals surface area contributed by atoms with Gasteiger partial charge in [0.15, 0.2) is 0 Å². The van der Waals surface area contributed by atoms with E-state index in [4.69, 9.17) is 10.5 Å². The van der Waals surface area contributed by atoms with Gasteiger partial charge in [0.05, 0.1) is 11.6 Å². The molecule has 0 amide bonds. The Morgan fingerprint density at radius 2 is 1.82 bits per heavy atom. The molecule has 0 aromatic heterocycles. The highest BCUT2D eigenvalue weighted by atomic mass is 19.1. The average molecular weight is 310 g/mol. The van der Waals surface area contributed by atoms with Crippen LogP contribution in [-0.2, 0) is 9.53 Å². The fourth-order valence-corrected chi connectivity index (χ4v) is 1.59. The molecule has 1 atom stereocenters. The Kier molecular flexibility index (Phi) is 5.79. The van der Waals surface area contributed by atoms with Gasteiger partial charge in [0.25, 0.3) is 0 Å². The topological polar surface area (TPSA) is 64.7 Å². The van der Waals surface area contributed by atoms with E-state index in [9.17, 15) is 13.6 Å². The number of nitrogens with zero attached hydrogens (tertiary/aromatic N) is 1. The van der Waals surface area contributed by atoms with Gasteiger partial charge in [0.2, 0.25) is 0 Å². The first-order valence-corrected chi connectivity index (χ1v) is 6.77. The average Bonchev–Trinajstić information content (AvgIpc) is 2.36. The molecule has 6 heteroatoms. The second-order valence-electron chi connectivity index (χ2n) is 5.81. The molecule has 0 aliphatic heterocycles. The quantitative estimate of drug-likeness (QED) is 0.684. The number of halogens is 2. The third-order valence-electron chi connectivity index (χ3n) is 2.66. The van der Waals surface area contributed by atoms with Gasteiger partial charge in [-0.15, -0.1) is 0 Å². The Morgan fingerprint density at radius 3 is 2.27 bits per heavy atom.